The average Bonchev–Trinajstić information content (AvgIpc) is 2.73. The van der Waals surface area contributed by atoms with E-state index in [4.69, 9.17) is 16.3 Å². The Balaban J connectivity index is 1.82. The molecule has 4 rings (SSSR count). The van der Waals surface area contributed by atoms with Crippen LogP contribution in [0.4, 0.5) is 5.69 Å². The quantitative estimate of drug-likeness (QED) is 0.520. The molecular weight excluding hydrogens is 374 g/mol. The summed E-state index contributed by atoms with van der Waals surface area (Å²) in [5.74, 6) is 0.256. The van der Waals surface area contributed by atoms with Crippen molar-refractivity contribution in [2.24, 2.45) is 0 Å². The summed E-state index contributed by atoms with van der Waals surface area (Å²) < 4.78 is 5.16. The minimum absolute atomic E-state index is 0.286. The lowest BCUT2D eigenvalue weighted by molar-refractivity contribution is 0.102. The number of fused-ring (bicyclic) bond motifs is 1. The van der Waals surface area contributed by atoms with Crippen molar-refractivity contribution in [3.05, 3.63) is 83.4 Å². The zero-order valence-corrected chi connectivity index (χ0v) is 15.8. The van der Waals surface area contributed by atoms with Gasteiger partial charge in [0.05, 0.1) is 23.2 Å². The SMILES string of the molecule is COc1ccc(NC(=O)c2c(-c3ccccc3)nnc3ccccc23)cc1Cl. The van der Waals surface area contributed by atoms with E-state index in [0.717, 1.165) is 10.9 Å². The van der Waals surface area contributed by atoms with E-state index in [1.54, 1.807) is 25.3 Å². The van der Waals surface area contributed by atoms with Crippen LogP contribution in [0.3, 0.4) is 0 Å². The predicted octanol–water partition coefficient (Wildman–Crippen LogP) is 5.21. The highest BCUT2D eigenvalue weighted by molar-refractivity contribution is 6.32. The number of hydrogen-bond acceptors (Lipinski definition) is 4. The highest BCUT2D eigenvalue weighted by atomic mass is 35.5. The second kappa shape index (κ2) is 7.66. The molecular formula is C22H16ClN3O2. The third-order valence-corrected chi connectivity index (χ3v) is 4.65. The maximum atomic E-state index is 13.2. The Morgan fingerprint density at radius 1 is 0.964 bits per heavy atom. The summed E-state index contributed by atoms with van der Waals surface area (Å²) in [5, 5.41) is 12.7. The maximum absolute atomic E-state index is 13.2. The van der Waals surface area contributed by atoms with Gasteiger partial charge in [0, 0.05) is 16.6 Å². The Hall–Kier alpha value is -3.44. The van der Waals surface area contributed by atoms with Gasteiger partial charge in [-0.2, -0.15) is 0 Å². The topological polar surface area (TPSA) is 64.1 Å². The number of nitrogens with zero attached hydrogens (tertiary/aromatic N) is 2. The van der Waals surface area contributed by atoms with Crippen LogP contribution < -0.4 is 10.1 Å². The number of hydrogen-bond donors (Lipinski definition) is 1. The molecule has 1 amide bonds. The predicted molar refractivity (Wildman–Crippen MR) is 111 cm³/mol. The molecule has 6 heteroatoms. The molecule has 138 valence electrons. The first-order valence-corrected chi connectivity index (χ1v) is 9.01. The van der Waals surface area contributed by atoms with Gasteiger partial charge in [0.2, 0.25) is 0 Å². The molecule has 0 saturated carbocycles. The second-order valence-corrected chi connectivity index (χ2v) is 6.52. The van der Waals surface area contributed by atoms with Gasteiger partial charge in [-0.15, -0.1) is 10.2 Å². The van der Waals surface area contributed by atoms with E-state index in [2.05, 4.69) is 15.5 Å². The van der Waals surface area contributed by atoms with Gasteiger partial charge in [-0.25, -0.2) is 0 Å². The Labute approximate surface area is 166 Å². The number of rotatable bonds is 4. The maximum Gasteiger partial charge on any atom is 0.258 e. The van der Waals surface area contributed by atoms with Crippen molar-refractivity contribution in [1.82, 2.24) is 10.2 Å². The largest absolute Gasteiger partial charge is 0.495 e. The third-order valence-electron chi connectivity index (χ3n) is 4.35. The lowest BCUT2D eigenvalue weighted by atomic mass is 10.0. The lowest BCUT2D eigenvalue weighted by Gasteiger charge is -2.13. The standard InChI is InChI=1S/C22H16ClN3O2/c1-28-19-12-11-15(13-17(19)23)24-22(27)20-16-9-5-6-10-18(16)25-26-21(20)14-7-3-2-4-8-14/h2-13H,1H3,(H,24,27). The number of amides is 1. The first-order valence-electron chi connectivity index (χ1n) is 8.63. The van der Waals surface area contributed by atoms with Crippen LogP contribution >= 0.6 is 11.6 Å². The molecule has 5 nitrogen and oxygen atoms in total. The van der Waals surface area contributed by atoms with Crippen molar-refractivity contribution in [3.63, 3.8) is 0 Å². The molecule has 0 aliphatic heterocycles. The molecule has 0 aliphatic carbocycles. The number of carbonyl (C=O) groups is 1. The molecule has 4 aromatic rings. The first kappa shape index (κ1) is 17.9. The summed E-state index contributed by atoms with van der Waals surface area (Å²) in [4.78, 5) is 13.2. The van der Waals surface area contributed by atoms with Gasteiger partial charge in [-0.3, -0.25) is 4.79 Å². The van der Waals surface area contributed by atoms with Crippen LogP contribution in [0.1, 0.15) is 10.4 Å². The average molecular weight is 390 g/mol. The monoisotopic (exact) mass is 389 g/mol. The van der Waals surface area contributed by atoms with Gasteiger partial charge in [-0.05, 0) is 24.3 Å². The van der Waals surface area contributed by atoms with E-state index in [9.17, 15) is 4.79 Å². The fourth-order valence-corrected chi connectivity index (χ4v) is 3.28. The summed E-state index contributed by atoms with van der Waals surface area (Å²) in [6, 6.07) is 22.1. The number of aromatic nitrogens is 2. The van der Waals surface area contributed by atoms with Gasteiger partial charge in [0.25, 0.3) is 5.91 Å². The van der Waals surface area contributed by atoms with Crippen LogP contribution in [0, 0.1) is 0 Å². The molecule has 0 bridgehead atoms. The Bertz CT molecular complexity index is 1160. The van der Waals surface area contributed by atoms with Crippen LogP contribution in [-0.4, -0.2) is 23.2 Å². The molecule has 0 fully saturated rings. The molecule has 0 aliphatic rings. The summed E-state index contributed by atoms with van der Waals surface area (Å²) in [6.07, 6.45) is 0. The molecule has 28 heavy (non-hydrogen) atoms. The molecule has 0 atom stereocenters. The number of benzene rings is 3. The zero-order valence-electron chi connectivity index (χ0n) is 15.0. The Morgan fingerprint density at radius 2 is 1.71 bits per heavy atom. The molecule has 1 heterocycles. The van der Waals surface area contributed by atoms with E-state index in [1.165, 1.54) is 0 Å². The van der Waals surface area contributed by atoms with Crippen molar-refractivity contribution in [1.29, 1.82) is 0 Å². The van der Waals surface area contributed by atoms with Crippen LogP contribution in [-0.2, 0) is 0 Å². The van der Waals surface area contributed by atoms with Crippen molar-refractivity contribution in [3.8, 4) is 17.0 Å². The van der Waals surface area contributed by atoms with E-state index in [0.29, 0.717) is 33.2 Å². The number of methoxy groups -OCH3 is 1. The normalized spacial score (nSPS) is 10.6. The minimum atomic E-state index is -0.286. The van der Waals surface area contributed by atoms with Crippen LogP contribution in [0.5, 0.6) is 5.75 Å². The minimum Gasteiger partial charge on any atom is -0.495 e. The second-order valence-electron chi connectivity index (χ2n) is 6.11. The molecule has 3 aromatic carbocycles. The van der Waals surface area contributed by atoms with Crippen molar-refractivity contribution >= 4 is 34.1 Å². The molecule has 0 radical (unpaired) electrons. The highest BCUT2D eigenvalue weighted by Crippen LogP contribution is 2.30. The van der Waals surface area contributed by atoms with Gasteiger partial charge in [0.1, 0.15) is 11.4 Å². The highest BCUT2D eigenvalue weighted by Gasteiger charge is 2.19. The molecule has 0 spiro atoms. The van der Waals surface area contributed by atoms with Crippen molar-refractivity contribution in [2.45, 2.75) is 0 Å². The number of ether oxygens (including phenoxy) is 1. The van der Waals surface area contributed by atoms with E-state index in [1.807, 2.05) is 54.6 Å². The number of anilines is 1. The lowest BCUT2D eigenvalue weighted by Crippen LogP contribution is -2.15. The van der Waals surface area contributed by atoms with E-state index >= 15 is 0 Å². The van der Waals surface area contributed by atoms with Crippen LogP contribution in [0.25, 0.3) is 22.2 Å². The summed E-state index contributed by atoms with van der Waals surface area (Å²) in [6.45, 7) is 0. The summed E-state index contributed by atoms with van der Waals surface area (Å²) >= 11 is 6.18. The summed E-state index contributed by atoms with van der Waals surface area (Å²) in [5.41, 5.74) is 3.02. The molecule has 0 saturated heterocycles. The molecule has 1 N–H and O–H groups in total. The van der Waals surface area contributed by atoms with Gasteiger partial charge in [-0.1, -0.05) is 60.1 Å². The van der Waals surface area contributed by atoms with Crippen LogP contribution in [0.2, 0.25) is 5.02 Å². The van der Waals surface area contributed by atoms with Gasteiger partial charge < -0.3 is 10.1 Å². The zero-order chi connectivity index (χ0) is 19.5. The Morgan fingerprint density at radius 3 is 2.46 bits per heavy atom. The van der Waals surface area contributed by atoms with E-state index < -0.39 is 0 Å². The number of nitrogens with one attached hydrogen (secondary N) is 1. The Kier molecular flexibility index (Phi) is 4.91. The fourth-order valence-electron chi connectivity index (χ4n) is 3.02. The van der Waals surface area contributed by atoms with Crippen molar-refractivity contribution < 1.29 is 9.53 Å². The third kappa shape index (κ3) is 3.40. The number of carbonyl (C=O) groups excluding carboxylic acids is 1. The fraction of sp³-hybridized carbons (Fsp3) is 0.0455. The van der Waals surface area contributed by atoms with Crippen molar-refractivity contribution in [2.75, 3.05) is 12.4 Å². The smallest absolute Gasteiger partial charge is 0.258 e. The van der Waals surface area contributed by atoms with Gasteiger partial charge in [0.15, 0.2) is 0 Å². The van der Waals surface area contributed by atoms with E-state index in [-0.39, 0.29) is 5.91 Å². The van der Waals surface area contributed by atoms with Gasteiger partial charge >= 0.3 is 0 Å². The first-order chi connectivity index (χ1) is 13.7. The number of halogens is 1. The molecule has 0 unspecified atom stereocenters. The molecule has 1 aromatic heterocycles. The van der Waals surface area contributed by atoms with Crippen LogP contribution in [0.15, 0.2) is 72.8 Å². The summed E-state index contributed by atoms with van der Waals surface area (Å²) in [7, 11) is 1.54.